The molecule has 0 aromatic rings. The fourth-order valence-electron chi connectivity index (χ4n) is 5.75. The first kappa shape index (κ1) is 45.4. The summed E-state index contributed by atoms with van der Waals surface area (Å²) in [4.78, 5) is 0. The molecule has 6 heteroatoms. The van der Waals surface area contributed by atoms with E-state index in [0.29, 0.717) is 0 Å². The molecular weight excluding hydrogens is 568 g/mol. The van der Waals surface area contributed by atoms with Gasteiger partial charge < -0.3 is 4.55 Å². The Morgan fingerprint density at radius 2 is 0.833 bits per heavy atom. The first-order chi connectivity index (χ1) is 20.0. The molecule has 4 nitrogen and oxygen atoms in total. The molecule has 0 spiro atoms. The van der Waals surface area contributed by atoms with E-state index in [9.17, 15) is 13.0 Å². The molecule has 0 saturated heterocycles. The van der Waals surface area contributed by atoms with Crippen molar-refractivity contribution in [2.24, 2.45) is 5.92 Å². The standard InChI is InChI=1S/C36H72O4S.K/c1-3-5-7-9-11-13-15-17-18-19-20-22-24-26-28-30-32-34-36(35-40-41(37,38)39)33-31-29-27-25-23-21-16-14-12-10-8-6-4-2;/h31,33,36H,3-30,32,34-35H2,1-2H3,(H,37,38,39);/q;+1/p-1/b33-31+;. The average Bonchev–Trinajstić information content (AvgIpc) is 2.94. The van der Waals surface area contributed by atoms with E-state index in [-0.39, 0.29) is 63.9 Å². The van der Waals surface area contributed by atoms with Crippen LogP contribution in [0.2, 0.25) is 0 Å². The smallest absolute Gasteiger partial charge is 0.726 e. The summed E-state index contributed by atoms with van der Waals surface area (Å²) >= 11 is 0. The maximum absolute atomic E-state index is 11.0. The van der Waals surface area contributed by atoms with E-state index in [1.807, 2.05) is 0 Å². The largest absolute Gasteiger partial charge is 1.00 e. The molecule has 0 aliphatic heterocycles. The zero-order chi connectivity index (χ0) is 30.1. The third-order valence-corrected chi connectivity index (χ3v) is 8.91. The van der Waals surface area contributed by atoms with Crippen LogP contribution in [0.1, 0.15) is 206 Å². The third kappa shape index (κ3) is 39.3. The summed E-state index contributed by atoms with van der Waals surface area (Å²) in [6, 6.07) is 0. The molecule has 0 aliphatic rings. The van der Waals surface area contributed by atoms with Crippen LogP contribution in [0.3, 0.4) is 0 Å². The molecular formula is C36H71KO4S. The maximum Gasteiger partial charge on any atom is 1.00 e. The summed E-state index contributed by atoms with van der Waals surface area (Å²) in [5.74, 6) is 0.0165. The van der Waals surface area contributed by atoms with Crippen LogP contribution in [-0.2, 0) is 14.6 Å². The van der Waals surface area contributed by atoms with Gasteiger partial charge in [-0.25, -0.2) is 8.42 Å². The van der Waals surface area contributed by atoms with Gasteiger partial charge in [-0.3, -0.25) is 4.18 Å². The van der Waals surface area contributed by atoms with Gasteiger partial charge in [0.2, 0.25) is 10.4 Å². The van der Waals surface area contributed by atoms with Crippen molar-refractivity contribution in [2.75, 3.05) is 6.61 Å². The van der Waals surface area contributed by atoms with Crippen LogP contribution >= 0.6 is 0 Å². The summed E-state index contributed by atoms with van der Waals surface area (Å²) in [5.41, 5.74) is 0. The van der Waals surface area contributed by atoms with Crippen molar-refractivity contribution in [2.45, 2.75) is 206 Å². The molecule has 0 radical (unpaired) electrons. The Labute approximate surface area is 307 Å². The molecule has 1 atom stereocenters. The molecule has 0 amide bonds. The predicted octanol–water partition coefficient (Wildman–Crippen LogP) is 9.38. The normalized spacial score (nSPS) is 12.6. The van der Waals surface area contributed by atoms with E-state index < -0.39 is 10.4 Å². The number of hydrogen-bond acceptors (Lipinski definition) is 4. The van der Waals surface area contributed by atoms with Crippen molar-refractivity contribution in [1.29, 1.82) is 0 Å². The van der Waals surface area contributed by atoms with Gasteiger partial charge in [0.25, 0.3) is 0 Å². The second-order valence-corrected chi connectivity index (χ2v) is 13.7. The van der Waals surface area contributed by atoms with Gasteiger partial charge in [0.15, 0.2) is 0 Å². The van der Waals surface area contributed by atoms with E-state index in [1.54, 1.807) is 0 Å². The molecule has 1 unspecified atom stereocenters. The minimum atomic E-state index is -4.62. The topological polar surface area (TPSA) is 66.4 Å². The summed E-state index contributed by atoms with van der Waals surface area (Å²) in [6.45, 7) is 4.53. The second kappa shape index (κ2) is 36.7. The van der Waals surface area contributed by atoms with Crippen molar-refractivity contribution in [1.82, 2.24) is 0 Å². The van der Waals surface area contributed by atoms with Crippen molar-refractivity contribution in [3.8, 4) is 0 Å². The maximum atomic E-state index is 11.0. The van der Waals surface area contributed by atoms with Gasteiger partial charge in [-0.2, -0.15) is 0 Å². The quantitative estimate of drug-likeness (QED) is 0.0232. The number of unbranched alkanes of at least 4 members (excludes halogenated alkanes) is 27. The summed E-state index contributed by atoms with van der Waals surface area (Å²) in [6.07, 6.45) is 43.9. The Hall–Kier alpha value is 1.25. The van der Waals surface area contributed by atoms with Crippen LogP contribution in [0.25, 0.3) is 0 Å². The third-order valence-electron chi connectivity index (χ3n) is 8.49. The molecule has 0 bridgehead atoms. The molecule has 0 heterocycles. The van der Waals surface area contributed by atoms with Gasteiger partial charge in [-0.15, -0.1) is 0 Å². The van der Waals surface area contributed by atoms with Crippen LogP contribution in [0.4, 0.5) is 0 Å². The summed E-state index contributed by atoms with van der Waals surface area (Å²) < 4.78 is 37.5. The SMILES string of the molecule is CCCCCCCCCCCCC/C=C/C(CCCCCCCCCCCCCCCCCCC)COS(=O)(=O)[O-].[K+]. The van der Waals surface area contributed by atoms with E-state index in [0.717, 1.165) is 19.3 Å². The van der Waals surface area contributed by atoms with Crippen molar-refractivity contribution in [3.63, 3.8) is 0 Å². The minimum Gasteiger partial charge on any atom is -0.726 e. The summed E-state index contributed by atoms with van der Waals surface area (Å²) in [5, 5.41) is 0. The Morgan fingerprint density at radius 1 is 0.524 bits per heavy atom. The number of hydrogen-bond donors (Lipinski definition) is 0. The van der Waals surface area contributed by atoms with Crippen molar-refractivity contribution < 1.29 is 68.5 Å². The van der Waals surface area contributed by atoms with Crippen LogP contribution in [0.15, 0.2) is 12.2 Å². The van der Waals surface area contributed by atoms with E-state index in [2.05, 4.69) is 30.2 Å². The summed E-state index contributed by atoms with van der Waals surface area (Å²) in [7, 11) is -4.62. The monoisotopic (exact) mass is 638 g/mol. The average molecular weight is 639 g/mol. The van der Waals surface area contributed by atoms with Gasteiger partial charge in [-0.1, -0.05) is 199 Å². The van der Waals surface area contributed by atoms with Crippen LogP contribution < -0.4 is 51.4 Å². The Bertz CT molecular complexity index is 638. The van der Waals surface area contributed by atoms with Gasteiger partial charge in [0.05, 0.1) is 6.61 Å². The van der Waals surface area contributed by atoms with E-state index in [1.165, 1.54) is 173 Å². The number of allylic oxidation sites excluding steroid dienone is 1. The van der Waals surface area contributed by atoms with Gasteiger partial charge in [-0.05, 0) is 19.3 Å². The molecule has 0 saturated carbocycles. The minimum absolute atomic E-state index is 0. The van der Waals surface area contributed by atoms with Gasteiger partial charge in [0.1, 0.15) is 0 Å². The van der Waals surface area contributed by atoms with Crippen LogP contribution in [-0.4, -0.2) is 19.6 Å². The van der Waals surface area contributed by atoms with Crippen molar-refractivity contribution in [3.05, 3.63) is 12.2 Å². The Morgan fingerprint density at radius 3 is 1.17 bits per heavy atom. The molecule has 246 valence electrons. The molecule has 42 heavy (non-hydrogen) atoms. The molecule has 0 rings (SSSR count). The zero-order valence-electron chi connectivity index (χ0n) is 28.7. The molecule has 0 N–H and O–H groups in total. The van der Waals surface area contributed by atoms with Gasteiger partial charge >= 0.3 is 51.4 Å². The van der Waals surface area contributed by atoms with Crippen LogP contribution in [0, 0.1) is 5.92 Å². The predicted molar refractivity (Wildman–Crippen MR) is 178 cm³/mol. The first-order valence-electron chi connectivity index (χ1n) is 18.3. The van der Waals surface area contributed by atoms with Gasteiger partial charge in [0, 0.05) is 5.92 Å². The molecule has 0 aliphatic carbocycles. The Balaban J connectivity index is 0. The first-order valence-corrected chi connectivity index (χ1v) is 19.6. The van der Waals surface area contributed by atoms with Crippen molar-refractivity contribution >= 4 is 10.4 Å². The fraction of sp³-hybridized carbons (Fsp3) is 0.944. The van der Waals surface area contributed by atoms with E-state index >= 15 is 0 Å². The second-order valence-electron chi connectivity index (χ2n) is 12.7. The fourth-order valence-corrected chi connectivity index (χ4v) is 6.09. The van der Waals surface area contributed by atoms with Crippen LogP contribution in [0.5, 0.6) is 0 Å². The van der Waals surface area contributed by atoms with E-state index in [4.69, 9.17) is 0 Å². The molecule has 0 fully saturated rings. The molecule has 0 aromatic heterocycles. The zero-order valence-corrected chi connectivity index (χ0v) is 32.6. The Kier molecular flexibility index (Phi) is 39.7. The number of rotatable bonds is 34. The molecule has 0 aromatic carbocycles.